The first kappa shape index (κ1) is 55.2. The standard InChI is InChI=1S/C54H86O16/c1-11-14-25-64-44(61)40-36(57)35(56)39(60)46(68-40)70-42-38(59)37(58)41(45(62)65-26-15-12-2)69-47(42)67-34-18-19-52(8)33(49(34,4)5)17-20-54(10)43(52)32(55)28-30-31-29-51(7,48(63)66-27-16-13-3)22-21-50(31,6)23-24-53(30,54)9/h28,31,33-43,46-47,56-60H,11-27,29H2,1-10H3/t31-,33-,34-,35-,36-,37-,38+,39+,40-,41-,42+,43+,46-,47-,50-,51+,52+,53-,54-/m1/s1. The molecule has 0 aromatic heterocycles. The second-order valence-corrected chi connectivity index (χ2v) is 24.2. The molecule has 0 aromatic carbocycles. The predicted molar refractivity (Wildman–Crippen MR) is 254 cm³/mol. The third kappa shape index (κ3) is 9.58. The first-order valence-electron chi connectivity index (χ1n) is 26.7. The van der Waals surface area contributed by atoms with E-state index in [9.17, 15) is 39.9 Å². The topological polar surface area (TPSA) is 234 Å². The molecule has 19 atom stereocenters. The van der Waals surface area contributed by atoms with Crippen LogP contribution in [0, 0.1) is 50.2 Å². The first-order chi connectivity index (χ1) is 32.9. The molecule has 2 saturated heterocycles. The van der Waals surface area contributed by atoms with Crippen LogP contribution in [-0.4, -0.2) is 137 Å². The summed E-state index contributed by atoms with van der Waals surface area (Å²) in [5, 5.41) is 56.0. The maximum Gasteiger partial charge on any atom is 0.338 e. The van der Waals surface area contributed by atoms with Crippen molar-refractivity contribution in [2.45, 2.75) is 233 Å². The molecule has 6 fully saturated rings. The van der Waals surface area contributed by atoms with Gasteiger partial charge in [-0.25, -0.2) is 9.59 Å². The van der Waals surface area contributed by atoms with Crippen LogP contribution in [0.1, 0.15) is 166 Å². The van der Waals surface area contributed by atoms with Gasteiger partial charge >= 0.3 is 17.9 Å². The molecule has 70 heavy (non-hydrogen) atoms. The van der Waals surface area contributed by atoms with Crippen molar-refractivity contribution in [1.29, 1.82) is 0 Å². The Kier molecular flexibility index (Phi) is 16.6. The molecule has 2 aliphatic heterocycles. The largest absolute Gasteiger partial charge is 0.465 e. The van der Waals surface area contributed by atoms with Crippen LogP contribution in [0.4, 0.5) is 0 Å². The van der Waals surface area contributed by atoms with Gasteiger partial charge in [0.05, 0.1) is 31.3 Å². The lowest BCUT2D eigenvalue weighted by Crippen LogP contribution is -2.68. The molecule has 0 spiro atoms. The van der Waals surface area contributed by atoms with Gasteiger partial charge in [0.25, 0.3) is 0 Å². The quantitative estimate of drug-likeness (QED) is 0.0515. The molecule has 0 aromatic rings. The average Bonchev–Trinajstić information content (AvgIpc) is 3.30. The fourth-order valence-electron chi connectivity index (χ4n) is 14.6. The molecular weight excluding hydrogens is 905 g/mol. The van der Waals surface area contributed by atoms with Gasteiger partial charge in [-0.2, -0.15) is 0 Å². The van der Waals surface area contributed by atoms with Crippen molar-refractivity contribution in [3.8, 4) is 0 Å². The molecule has 398 valence electrons. The molecular formula is C54H86O16. The SMILES string of the molecule is CCCCOC(=O)[C@@H]1O[C@H](O[C@@H]2[C@H](O[C@@H]3CC[C@@]4(C)[C@H](CC[C@]5(C)[C@H]4C(=O)C=C4[C@H]6C[C@@](C)(C(=O)OCCCC)CC[C@]6(C)CC[C@]45C)C3(C)C)O[C@@H](C(=O)OCCCC)[C@H](O)[C@@H]2O)[C@@H](O)[C@H](O)[C@H]1O. The summed E-state index contributed by atoms with van der Waals surface area (Å²) in [5.74, 6) is -2.18. The number of ether oxygens (including phenoxy) is 7. The second kappa shape index (κ2) is 21.0. The normalized spacial score (nSPS) is 45.5. The van der Waals surface area contributed by atoms with Gasteiger partial charge in [0.2, 0.25) is 0 Å². The number of hydrogen-bond acceptors (Lipinski definition) is 16. The minimum atomic E-state index is -1.93. The van der Waals surface area contributed by atoms with Gasteiger partial charge in [-0.05, 0) is 129 Å². The summed E-state index contributed by atoms with van der Waals surface area (Å²) in [7, 11) is 0. The Bertz CT molecular complexity index is 1940. The number of ketones is 1. The van der Waals surface area contributed by atoms with Crippen molar-refractivity contribution in [2.24, 2.45) is 50.2 Å². The molecule has 2 heterocycles. The Hall–Kier alpha value is -2.54. The number of carbonyl (C=O) groups excluding carboxylic acids is 4. The highest BCUT2D eigenvalue weighted by molar-refractivity contribution is 5.95. The molecule has 5 aliphatic carbocycles. The van der Waals surface area contributed by atoms with E-state index in [0.29, 0.717) is 38.7 Å². The molecule has 16 heteroatoms. The summed E-state index contributed by atoms with van der Waals surface area (Å²) >= 11 is 0. The molecule has 0 radical (unpaired) electrons. The summed E-state index contributed by atoms with van der Waals surface area (Å²) in [6.07, 6.45) is -5.48. The van der Waals surface area contributed by atoms with Gasteiger partial charge in [-0.15, -0.1) is 0 Å². The van der Waals surface area contributed by atoms with Gasteiger partial charge in [0.1, 0.15) is 36.6 Å². The summed E-state index contributed by atoms with van der Waals surface area (Å²) in [5.41, 5.74) is -1.23. The van der Waals surface area contributed by atoms with Crippen molar-refractivity contribution in [3.63, 3.8) is 0 Å². The van der Waals surface area contributed by atoms with E-state index in [2.05, 4.69) is 55.4 Å². The van der Waals surface area contributed by atoms with E-state index in [0.717, 1.165) is 64.2 Å². The smallest absolute Gasteiger partial charge is 0.338 e. The summed E-state index contributed by atoms with van der Waals surface area (Å²) in [6, 6.07) is 0. The Morgan fingerprint density at radius 3 is 1.80 bits per heavy atom. The Balaban J connectivity index is 1.16. The van der Waals surface area contributed by atoms with Crippen LogP contribution in [0.25, 0.3) is 0 Å². The van der Waals surface area contributed by atoms with Gasteiger partial charge in [-0.1, -0.05) is 87.1 Å². The van der Waals surface area contributed by atoms with Gasteiger partial charge < -0.3 is 58.7 Å². The lowest BCUT2D eigenvalue weighted by Gasteiger charge is -2.70. The zero-order valence-corrected chi connectivity index (χ0v) is 43.6. The molecule has 0 unspecified atom stereocenters. The average molecular weight is 991 g/mol. The second-order valence-electron chi connectivity index (χ2n) is 24.2. The number of rotatable bonds is 16. The van der Waals surface area contributed by atoms with Crippen molar-refractivity contribution in [2.75, 3.05) is 19.8 Å². The summed E-state index contributed by atoms with van der Waals surface area (Å²) in [4.78, 5) is 55.4. The molecule has 0 amide bonds. The molecule has 7 rings (SSSR count). The van der Waals surface area contributed by atoms with E-state index >= 15 is 4.79 Å². The number of aliphatic hydroxyl groups excluding tert-OH is 5. The maximum absolute atomic E-state index is 15.2. The molecule has 7 aliphatic rings. The lowest BCUT2D eigenvalue weighted by molar-refractivity contribution is -0.371. The van der Waals surface area contributed by atoms with Crippen LogP contribution in [0.2, 0.25) is 0 Å². The van der Waals surface area contributed by atoms with E-state index in [1.165, 1.54) is 5.57 Å². The highest BCUT2D eigenvalue weighted by atomic mass is 16.8. The fourth-order valence-corrected chi connectivity index (χ4v) is 14.6. The molecule has 16 nitrogen and oxygen atoms in total. The van der Waals surface area contributed by atoms with Crippen LogP contribution in [0.5, 0.6) is 0 Å². The summed E-state index contributed by atoms with van der Waals surface area (Å²) in [6.45, 7) is 22.0. The van der Waals surface area contributed by atoms with E-state index in [-0.39, 0.29) is 59.0 Å². The molecule has 5 N–H and O–H groups in total. The number of fused-ring (bicyclic) bond motifs is 7. The van der Waals surface area contributed by atoms with Gasteiger partial charge in [0, 0.05) is 5.92 Å². The van der Waals surface area contributed by atoms with Crippen molar-refractivity contribution in [3.05, 3.63) is 11.6 Å². The van der Waals surface area contributed by atoms with Gasteiger partial charge in [0.15, 0.2) is 30.6 Å². The van der Waals surface area contributed by atoms with Crippen molar-refractivity contribution in [1.82, 2.24) is 0 Å². The third-order valence-corrected chi connectivity index (χ3v) is 19.4. The van der Waals surface area contributed by atoms with E-state index in [1.54, 1.807) is 0 Å². The monoisotopic (exact) mass is 991 g/mol. The van der Waals surface area contributed by atoms with Crippen LogP contribution in [0.3, 0.4) is 0 Å². The molecule has 4 saturated carbocycles. The molecule has 0 bridgehead atoms. The third-order valence-electron chi connectivity index (χ3n) is 19.4. The van der Waals surface area contributed by atoms with Crippen LogP contribution < -0.4 is 0 Å². The zero-order valence-electron chi connectivity index (χ0n) is 43.6. The first-order valence-corrected chi connectivity index (χ1v) is 26.7. The minimum absolute atomic E-state index is 0.0275. The van der Waals surface area contributed by atoms with E-state index < -0.39 is 95.7 Å². The number of hydrogen-bond donors (Lipinski definition) is 5. The number of carbonyl (C=O) groups is 4. The van der Waals surface area contributed by atoms with Crippen molar-refractivity contribution < 1.29 is 77.9 Å². The predicted octanol–water partition coefficient (Wildman–Crippen LogP) is 6.02. The number of esters is 3. The van der Waals surface area contributed by atoms with Crippen LogP contribution in [0.15, 0.2) is 11.6 Å². The Morgan fingerprint density at radius 1 is 0.643 bits per heavy atom. The number of aliphatic hydroxyl groups is 5. The van der Waals surface area contributed by atoms with Crippen molar-refractivity contribution >= 4 is 23.7 Å². The minimum Gasteiger partial charge on any atom is -0.465 e. The number of allylic oxidation sites excluding steroid dienone is 2. The number of unbranched alkanes of at least 4 members (excludes halogenated alkanes) is 3. The van der Waals surface area contributed by atoms with Crippen LogP contribution >= 0.6 is 0 Å². The van der Waals surface area contributed by atoms with E-state index in [4.69, 9.17) is 33.2 Å². The Morgan fingerprint density at radius 2 is 1.20 bits per heavy atom. The maximum atomic E-state index is 15.2. The fraction of sp³-hybridized carbons (Fsp3) is 0.889. The Labute approximate surface area is 415 Å². The van der Waals surface area contributed by atoms with Crippen LogP contribution in [-0.2, 0) is 52.3 Å². The highest BCUT2D eigenvalue weighted by Gasteiger charge is 2.71. The zero-order chi connectivity index (χ0) is 51.4. The lowest BCUT2D eigenvalue weighted by atomic mass is 9.33. The highest BCUT2D eigenvalue weighted by Crippen LogP contribution is 2.75. The van der Waals surface area contributed by atoms with E-state index in [1.807, 2.05) is 19.9 Å². The van der Waals surface area contributed by atoms with Gasteiger partial charge in [-0.3, -0.25) is 9.59 Å². The summed E-state index contributed by atoms with van der Waals surface area (Å²) < 4.78 is 41.5.